The van der Waals surface area contributed by atoms with Crippen molar-refractivity contribution in [1.82, 2.24) is 0 Å². The molecule has 1 aliphatic heterocycles. The van der Waals surface area contributed by atoms with Gasteiger partial charge in [-0.3, -0.25) is 9.35 Å². The van der Waals surface area contributed by atoms with E-state index in [-0.39, 0.29) is 24.2 Å². The van der Waals surface area contributed by atoms with Gasteiger partial charge in [-0.25, -0.2) is 0 Å². The van der Waals surface area contributed by atoms with E-state index >= 15 is 0 Å². The van der Waals surface area contributed by atoms with E-state index in [1.165, 1.54) is 0 Å². The summed E-state index contributed by atoms with van der Waals surface area (Å²) in [6.45, 7) is -0.178. The van der Waals surface area contributed by atoms with Crippen LogP contribution in [-0.4, -0.2) is 31.6 Å². The molecule has 5 nitrogen and oxygen atoms in total. The zero-order valence-electron chi connectivity index (χ0n) is 9.31. The van der Waals surface area contributed by atoms with Crippen molar-refractivity contribution in [3.05, 3.63) is 23.8 Å². The van der Waals surface area contributed by atoms with Gasteiger partial charge in [-0.15, -0.1) is 0 Å². The Morgan fingerprint density at radius 2 is 1.95 bits per heavy atom. The number of nitrogens with zero attached hydrogens (tertiary/aromatic N) is 1. The van der Waals surface area contributed by atoms with Gasteiger partial charge in [-0.1, -0.05) is 0 Å². The molecule has 1 amide bonds. The second-order valence-corrected chi connectivity index (χ2v) is 5.39. The Hall–Kier alpha value is -1.61. The largest absolute Gasteiger partial charge is 0.471 e. The smallest absolute Gasteiger partial charge is 0.304 e. The van der Waals surface area contributed by atoms with Crippen molar-refractivity contribution in [2.75, 3.05) is 11.4 Å². The van der Waals surface area contributed by atoms with Gasteiger partial charge in [-0.05, 0) is 30.2 Å². The molecule has 2 rings (SSSR count). The van der Waals surface area contributed by atoms with E-state index in [1.807, 2.05) is 0 Å². The molecule has 9 heteroatoms. The number of fused-ring (bicyclic) bond motifs is 1. The Morgan fingerprint density at radius 1 is 1.32 bits per heavy atom. The number of hydrogen-bond donors (Lipinski definition) is 1. The molecular formula is C10H8F3NO4S. The molecule has 0 aliphatic carbocycles. The van der Waals surface area contributed by atoms with Crippen LogP contribution in [-0.2, 0) is 21.3 Å². The zero-order valence-corrected chi connectivity index (χ0v) is 10.1. The van der Waals surface area contributed by atoms with Crippen LogP contribution in [0.5, 0.6) is 0 Å². The Kier molecular flexibility index (Phi) is 3.06. The van der Waals surface area contributed by atoms with Gasteiger partial charge in [0.05, 0.1) is 4.90 Å². The minimum atomic E-state index is -4.98. The molecule has 0 saturated heterocycles. The molecule has 0 spiro atoms. The summed E-state index contributed by atoms with van der Waals surface area (Å²) >= 11 is 0. The summed E-state index contributed by atoms with van der Waals surface area (Å²) in [5.74, 6) is -1.99. The first-order chi connectivity index (χ1) is 8.60. The monoisotopic (exact) mass is 295 g/mol. The first kappa shape index (κ1) is 13.8. The highest BCUT2D eigenvalue weighted by Crippen LogP contribution is 2.33. The van der Waals surface area contributed by atoms with Crippen molar-refractivity contribution < 1.29 is 30.9 Å². The van der Waals surface area contributed by atoms with Gasteiger partial charge >= 0.3 is 12.1 Å². The summed E-state index contributed by atoms with van der Waals surface area (Å²) in [5.41, 5.74) is 0.280. The zero-order chi connectivity index (χ0) is 14.4. The molecule has 0 bridgehead atoms. The summed E-state index contributed by atoms with van der Waals surface area (Å²) in [4.78, 5) is 11.3. The maximum Gasteiger partial charge on any atom is 0.471 e. The van der Waals surface area contributed by atoms with Crippen LogP contribution in [0.4, 0.5) is 18.9 Å². The average Bonchev–Trinajstić information content (AvgIpc) is 2.67. The topological polar surface area (TPSA) is 74.7 Å². The highest BCUT2D eigenvalue weighted by atomic mass is 32.2. The highest BCUT2D eigenvalue weighted by Gasteiger charge is 2.44. The fourth-order valence-electron chi connectivity index (χ4n) is 1.90. The van der Waals surface area contributed by atoms with E-state index in [2.05, 4.69) is 0 Å². The predicted octanol–water partition coefficient (Wildman–Crippen LogP) is 1.38. The molecule has 0 atom stereocenters. The molecule has 1 aliphatic rings. The summed E-state index contributed by atoms with van der Waals surface area (Å²) in [5, 5.41) is 0. The first-order valence-corrected chi connectivity index (χ1v) is 6.54. The van der Waals surface area contributed by atoms with Gasteiger partial charge in [0.1, 0.15) is 0 Å². The quantitative estimate of drug-likeness (QED) is 0.794. The second kappa shape index (κ2) is 4.20. The van der Waals surface area contributed by atoms with Crippen LogP contribution >= 0.6 is 0 Å². The minimum absolute atomic E-state index is 0.00900. The fraction of sp³-hybridized carbons (Fsp3) is 0.300. The van der Waals surface area contributed by atoms with Crippen LogP contribution in [0.15, 0.2) is 23.1 Å². The van der Waals surface area contributed by atoms with Gasteiger partial charge in [0, 0.05) is 12.2 Å². The Balaban J connectivity index is 2.41. The van der Waals surface area contributed by atoms with Gasteiger partial charge < -0.3 is 4.90 Å². The lowest BCUT2D eigenvalue weighted by Gasteiger charge is -2.18. The number of carbonyl (C=O) groups excluding carboxylic acids is 1. The summed E-state index contributed by atoms with van der Waals surface area (Å²) in [6.07, 6.45) is -4.89. The Morgan fingerprint density at radius 3 is 2.47 bits per heavy atom. The molecule has 0 aromatic heterocycles. The SMILES string of the molecule is O=C(N1CCc2cc(S(=O)(=O)O)ccc21)C(F)(F)F. The predicted molar refractivity (Wildman–Crippen MR) is 58.4 cm³/mol. The molecular weight excluding hydrogens is 287 g/mol. The normalized spacial score (nSPS) is 15.5. The van der Waals surface area contributed by atoms with Gasteiger partial charge in [0.15, 0.2) is 0 Å². The summed E-state index contributed by atoms with van der Waals surface area (Å²) in [6, 6.07) is 3.10. The number of benzene rings is 1. The fourth-order valence-corrected chi connectivity index (χ4v) is 2.43. The lowest BCUT2D eigenvalue weighted by atomic mass is 10.2. The number of halogens is 3. The molecule has 1 aromatic rings. The maximum absolute atomic E-state index is 12.3. The highest BCUT2D eigenvalue weighted by molar-refractivity contribution is 7.85. The lowest BCUT2D eigenvalue weighted by Crippen LogP contribution is -2.40. The number of alkyl halides is 3. The van der Waals surface area contributed by atoms with E-state index in [1.54, 1.807) is 0 Å². The van der Waals surface area contributed by atoms with E-state index in [0.717, 1.165) is 18.2 Å². The third-order valence-electron chi connectivity index (χ3n) is 2.73. The maximum atomic E-state index is 12.3. The van der Waals surface area contributed by atoms with Crippen molar-refractivity contribution in [2.24, 2.45) is 0 Å². The van der Waals surface area contributed by atoms with Crippen molar-refractivity contribution in [1.29, 1.82) is 0 Å². The van der Waals surface area contributed by atoms with Crippen LogP contribution in [0, 0.1) is 0 Å². The third kappa shape index (κ3) is 2.56. The van der Waals surface area contributed by atoms with Crippen LogP contribution in [0.3, 0.4) is 0 Å². The Labute approximate surface area is 106 Å². The molecule has 19 heavy (non-hydrogen) atoms. The van der Waals surface area contributed by atoms with Gasteiger partial charge in [0.2, 0.25) is 0 Å². The van der Waals surface area contributed by atoms with Crippen LogP contribution in [0.25, 0.3) is 0 Å². The number of rotatable bonds is 1. The molecule has 0 fully saturated rings. The molecule has 0 saturated carbocycles. The van der Waals surface area contributed by atoms with E-state index in [4.69, 9.17) is 4.55 Å². The number of carbonyl (C=O) groups is 1. The average molecular weight is 295 g/mol. The number of anilines is 1. The van der Waals surface area contributed by atoms with Crippen molar-refractivity contribution >= 4 is 21.7 Å². The molecule has 1 heterocycles. The van der Waals surface area contributed by atoms with Crippen LogP contribution < -0.4 is 4.90 Å². The summed E-state index contributed by atoms with van der Waals surface area (Å²) < 4.78 is 67.7. The molecule has 1 N–H and O–H groups in total. The third-order valence-corrected chi connectivity index (χ3v) is 3.58. The van der Waals surface area contributed by atoms with Crippen LogP contribution in [0.1, 0.15) is 5.56 Å². The Bertz CT molecular complexity index is 639. The van der Waals surface area contributed by atoms with Crippen LogP contribution in [0.2, 0.25) is 0 Å². The summed E-state index contributed by atoms with van der Waals surface area (Å²) in [7, 11) is -4.42. The molecule has 1 aromatic carbocycles. The number of amides is 1. The second-order valence-electron chi connectivity index (χ2n) is 3.97. The van der Waals surface area contributed by atoms with Gasteiger partial charge in [-0.2, -0.15) is 21.6 Å². The van der Waals surface area contributed by atoms with E-state index < -0.39 is 27.1 Å². The standard InChI is InChI=1S/C10H8F3NO4S/c11-10(12,13)9(15)14-4-3-6-5-7(19(16,17)18)1-2-8(6)14/h1-2,5H,3-4H2,(H,16,17,18). The molecule has 0 radical (unpaired) electrons. The van der Waals surface area contributed by atoms with Gasteiger partial charge in [0.25, 0.3) is 10.1 Å². The molecule has 104 valence electrons. The van der Waals surface area contributed by atoms with E-state index in [9.17, 15) is 26.4 Å². The number of hydrogen-bond acceptors (Lipinski definition) is 3. The van der Waals surface area contributed by atoms with Crippen molar-refractivity contribution in [3.63, 3.8) is 0 Å². The lowest BCUT2D eigenvalue weighted by molar-refractivity contribution is -0.170. The van der Waals surface area contributed by atoms with Crippen molar-refractivity contribution in [3.8, 4) is 0 Å². The molecule has 0 unspecified atom stereocenters. The first-order valence-electron chi connectivity index (χ1n) is 5.10. The minimum Gasteiger partial charge on any atom is -0.304 e. The van der Waals surface area contributed by atoms with E-state index in [0.29, 0.717) is 4.90 Å². The van der Waals surface area contributed by atoms with Crippen molar-refractivity contribution in [2.45, 2.75) is 17.5 Å².